The second-order valence-electron chi connectivity index (χ2n) is 8.20. The molecule has 0 bridgehead atoms. The van der Waals surface area contributed by atoms with Crippen LogP contribution in [0.15, 0.2) is 60.7 Å². The number of ether oxygens (including phenoxy) is 1. The topological polar surface area (TPSA) is 83.6 Å². The zero-order valence-electron chi connectivity index (χ0n) is 19.1. The number of nitrogens with one attached hydrogen (secondary N) is 2. The summed E-state index contributed by atoms with van der Waals surface area (Å²) in [5, 5.41) is 7.34. The first-order chi connectivity index (χ1) is 16.5. The van der Waals surface area contributed by atoms with Crippen LogP contribution in [0.25, 0.3) is 10.2 Å². The van der Waals surface area contributed by atoms with Crippen LogP contribution in [0.3, 0.4) is 0 Å². The van der Waals surface area contributed by atoms with Crippen molar-refractivity contribution in [1.29, 1.82) is 0 Å². The van der Waals surface area contributed by atoms with Gasteiger partial charge in [-0.2, -0.15) is 0 Å². The van der Waals surface area contributed by atoms with Crippen molar-refractivity contribution in [1.82, 2.24) is 4.98 Å². The molecule has 3 heterocycles. The summed E-state index contributed by atoms with van der Waals surface area (Å²) in [6.45, 7) is 3.85. The maximum Gasteiger partial charge on any atom is 0.272 e. The van der Waals surface area contributed by atoms with Crippen molar-refractivity contribution in [3.8, 4) is 0 Å². The van der Waals surface area contributed by atoms with Crippen LogP contribution in [0.4, 0.5) is 17.1 Å². The number of nitrogens with zero attached hydrogens (tertiary/aromatic N) is 2. The van der Waals surface area contributed by atoms with E-state index in [0.29, 0.717) is 17.2 Å². The lowest BCUT2D eigenvalue weighted by Crippen LogP contribution is -2.42. The van der Waals surface area contributed by atoms with Crippen LogP contribution >= 0.6 is 11.3 Å². The van der Waals surface area contributed by atoms with E-state index in [4.69, 9.17) is 9.72 Å². The standard InChI is InChI=1S/C26H24N4O3S/c1-15-13-18(14-33-3)21-22-23(34-25(21)27-15)26(32)30(20-7-5-4-6-8-20)24(29-22)17-9-11-19(12-10-17)28-16(2)31/h4-13,24,29H,14H2,1-3H3,(H,28,31). The van der Waals surface area contributed by atoms with Crippen molar-refractivity contribution in [2.45, 2.75) is 26.6 Å². The van der Waals surface area contributed by atoms with E-state index in [1.54, 1.807) is 12.0 Å². The molecule has 34 heavy (non-hydrogen) atoms. The summed E-state index contributed by atoms with van der Waals surface area (Å²) in [6.07, 6.45) is -0.441. The third kappa shape index (κ3) is 3.91. The lowest BCUT2D eigenvalue weighted by molar-refractivity contribution is -0.114. The molecule has 172 valence electrons. The van der Waals surface area contributed by atoms with E-state index in [0.717, 1.165) is 38.4 Å². The number of hydrogen-bond acceptors (Lipinski definition) is 6. The SMILES string of the molecule is COCc1cc(C)nc2sc3c(c12)NC(c1ccc(NC(C)=O)cc1)N(c1ccccc1)C3=O. The van der Waals surface area contributed by atoms with E-state index in [-0.39, 0.29) is 11.8 Å². The van der Waals surface area contributed by atoms with Gasteiger partial charge in [-0.25, -0.2) is 4.98 Å². The molecule has 0 saturated heterocycles. The normalized spacial score (nSPS) is 15.2. The summed E-state index contributed by atoms with van der Waals surface area (Å²) < 4.78 is 5.44. The fourth-order valence-corrected chi connectivity index (χ4v) is 5.50. The Labute approximate surface area is 201 Å². The summed E-state index contributed by atoms with van der Waals surface area (Å²) in [6, 6.07) is 19.1. The Hall–Kier alpha value is -3.75. The van der Waals surface area contributed by atoms with Gasteiger partial charge in [-0.05, 0) is 48.4 Å². The molecule has 5 rings (SSSR count). The van der Waals surface area contributed by atoms with E-state index >= 15 is 0 Å². The number of benzene rings is 2. The van der Waals surface area contributed by atoms with Crippen molar-refractivity contribution in [2.24, 2.45) is 0 Å². The molecule has 1 aliphatic heterocycles. The highest BCUT2D eigenvalue weighted by Crippen LogP contribution is 2.45. The van der Waals surface area contributed by atoms with Crippen molar-refractivity contribution in [3.05, 3.63) is 82.4 Å². The second-order valence-corrected chi connectivity index (χ2v) is 9.20. The van der Waals surface area contributed by atoms with E-state index < -0.39 is 6.17 Å². The third-order valence-corrected chi connectivity index (χ3v) is 6.78. The van der Waals surface area contributed by atoms with Crippen LogP contribution in [0.1, 0.15) is 39.6 Å². The molecule has 0 saturated carbocycles. The smallest absolute Gasteiger partial charge is 0.272 e. The molecular formula is C26H24N4O3S. The zero-order valence-corrected chi connectivity index (χ0v) is 19.9. The van der Waals surface area contributed by atoms with Crippen LogP contribution in [0.2, 0.25) is 0 Å². The monoisotopic (exact) mass is 472 g/mol. The number of thiophene rings is 1. The van der Waals surface area contributed by atoms with E-state index in [9.17, 15) is 9.59 Å². The molecule has 8 heteroatoms. The minimum absolute atomic E-state index is 0.0834. The summed E-state index contributed by atoms with van der Waals surface area (Å²) >= 11 is 1.40. The number of hydrogen-bond donors (Lipinski definition) is 2. The Morgan fingerprint density at radius 2 is 1.91 bits per heavy atom. The number of rotatable bonds is 5. The third-order valence-electron chi connectivity index (χ3n) is 5.71. The molecular weight excluding hydrogens is 448 g/mol. The van der Waals surface area contributed by atoms with Gasteiger partial charge < -0.3 is 15.4 Å². The number of aromatic nitrogens is 1. The minimum atomic E-state index is -0.441. The van der Waals surface area contributed by atoms with Gasteiger partial charge in [0.1, 0.15) is 15.9 Å². The quantitative estimate of drug-likeness (QED) is 0.402. The maximum absolute atomic E-state index is 13.9. The number of pyridine rings is 1. The number of amides is 2. The van der Waals surface area contributed by atoms with Gasteiger partial charge >= 0.3 is 0 Å². The highest BCUT2D eigenvalue weighted by molar-refractivity contribution is 7.21. The molecule has 7 nitrogen and oxygen atoms in total. The molecule has 2 amide bonds. The number of para-hydroxylation sites is 1. The molecule has 2 N–H and O–H groups in total. The maximum atomic E-state index is 13.9. The first-order valence-corrected chi connectivity index (χ1v) is 11.7. The van der Waals surface area contributed by atoms with Gasteiger partial charge in [0.25, 0.3) is 5.91 Å². The first-order valence-electron chi connectivity index (χ1n) is 10.9. The predicted octanol–water partition coefficient (Wildman–Crippen LogP) is 5.48. The van der Waals surface area contributed by atoms with Crippen molar-refractivity contribution < 1.29 is 14.3 Å². The number of carbonyl (C=O) groups is 2. The lowest BCUT2D eigenvalue weighted by Gasteiger charge is -2.37. The molecule has 1 unspecified atom stereocenters. The Morgan fingerprint density at radius 3 is 2.59 bits per heavy atom. The van der Waals surface area contributed by atoms with E-state index in [2.05, 4.69) is 10.6 Å². The molecule has 0 aliphatic carbocycles. The number of aryl methyl sites for hydroxylation is 1. The molecule has 2 aromatic heterocycles. The van der Waals surface area contributed by atoms with Crippen molar-refractivity contribution >= 4 is 50.4 Å². The number of anilines is 3. The first kappa shape index (κ1) is 22.1. The van der Waals surface area contributed by atoms with Gasteiger partial charge in [-0.1, -0.05) is 30.3 Å². The highest BCUT2D eigenvalue weighted by atomic mass is 32.1. The van der Waals surface area contributed by atoms with Crippen LogP contribution in [0, 0.1) is 6.92 Å². The van der Waals surface area contributed by atoms with Gasteiger partial charge in [-0.15, -0.1) is 11.3 Å². The molecule has 0 spiro atoms. The Kier molecular flexibility index (Phi) is 5.77. The van der Waals surface area contributed by atoms with Crippen LogP contribution < -0.4 is 15.5 Å². The molecule has 0 fully saturated rings. The van der Waals surface area contributed by atoms with E-state index in [1.165, 1.54) is 18.3 Å². The minimum Gasteiger partial charge on any atom is -0.380 e. The molecule has 2 aromatic carbocycles. The predicted molar refractivity (Wildman–Crippen MR) is 135 cm³/mol. The number of carbonyl (C=O) groups excluding carboxylic acids is 2. The molecule has 4 aromatic rings. The van der Waals surface area contributed by atoms with Crippen molar-refractivity contribution in [2.75, 3.05) is 22.6 Å². The molecule has 1 aliphatic rings. The van der Waals surface area contributed by atoms with Gasteiger partial charge in [0.05, 0.1) is 12.3 Å². The van der Waals surface area contributed by atoms with Crippen LogP contribution in [0.5, 0.6) is 0 Å². The fourth-order valence-electron chi connectivity index (χ4n) is 4.34. The Morgan fingerprint density at radius 1 is 1.18 bits per heavy atom. The summed E-state index contributed by atoms with van der Waals surface area (Å²) in [4.78, 5) is 33.3. The highest BCUT2D eigenvalue weighted by Gasteiger charge is 2.37. The van der Waals surface area contributed by atoms with Gasteiger partial charge in [0, 0.05) is 36.5 Å². The van der Waals surface area contributed by atoms with E-state index in [1.807, 2.05) is 67.6 Å². The summed E-state index contributed by atoms with van der Waals surface area (Å²) in [7, 11) is 1.66. The average molecular weight is 473 g/mol. The Balaban J connectivity index is 1.67. The van der Waals surface area contributed by atoms with Gasteiger partial charge in [0.15, 0.2) is 0 Å². The summed E-state index contributed by atoms with van der Waals surface area (Å²) in [5.41, 5.74) is 5.05. The molecule has 1 atom stereocenters. The zero-order chi connectivity index (χ0) is 23.8. The Bertz CT molecular complexity index is 1380. The molecule has 0 radical (unpaired) electrons. The number of methoxy groups -OCH3 is 1. The van der Waals surface area contributed by atoms with Crippen LogP contribution in [-0.2, 0) is 16.1 Å². The number of fused-ring (bicyclic) bond motifs is 3. The second kappa shape index (κ2) is 8.89. The fraction of sp³-hybridized carbons (Fsp3) is 0.192. The lowest BCUT2D eigenvalue weighted by atomic mass is 10.0. The van der Waals surface area contributed by atoms with Gasteiger partial charge in [-0.3, -0.25) is 14.5 Å². The summed E-state index contributed by atoms with van der Waals surface area (Å²) in [5.74, 6) is -0.215. The van der Waals surface area contributed by atoms with Gasteiger partial charge in [0.2, 0.25) is 5.91 Å². The largest absolute Gasteiger partial charge is 0.380 e. The van der Waals surface area contributed by atoms with Crippen molar-refractivity contribution in [3.63, 3.8) is 0 Å². The average Bonchev–Trinajstić information content (AvgIpc) is 3.18. The van der Waals surface area contributed by atoms with Crippen LogP contribution in [-0.4, -0.2) is 23.9 Å².